The maximum atomic E-state index is 12.1. The average Bonchev–Trinajstić information content (AvgIpc) is 2.66. The predicted octanol–water partition coefficient (Wildman–Crippen LogP) is 0.664. The predicted molar refractivity (Wildman–Crippen MR) is 58.6 cm³/mol. The lowest BCUT2D eigenvalue weighted by atomic mass is 9.85. The van der Waals surface area contributed by atoms with Gasteiger partial charge in [0.05, 0.1) is 0 Å². The SMILES string of the molecule is C[C@@H]1NC(=O)[C@@H]2C[C@@H]3CCCC[C@@H]3N2C1=O. The summed E-state index contributed by atoms with van der Waals surface area (Å²) >= 11 is 0. The Bertz CT molecular complexity index is 342. The van der Waals surface area contributed by atoms with Crippen molar-refractivity contribution in [1.82, 2.24) is 10.2 Å². The second-order valence-electron chi connectivity index (χ2n) is 5.34. The molecule has 4 heteroatoms. The van der Waals surface area contributed by atoms with Gasteiger partial charge in [0.15, 0.2) is 0 Å². The minimum atomic E-state index is -0.329. The van der Waals surface area contributed by atoms with Gasteiger partial charge in [0.2, 0.25) is 11.8 Å². The van der Waals surface area contributed by atoms with Crippen molar-refractivity contribution in [1.29, 1.82) is 0 Å². The first-order valence-electron chi connectivity index (χ1n) is 6.31. The van der Waals surface area contributed by atoms with Crippen molar-refractivity contribution in [2.45, 2.75) is 57.2 Å². The number of carbonyl (C=O) groups is 2. The normalized spacial score (nSPS) is 42.7. The largest absolute Gasteiger partial charge is 0.343 e. The molecular weight excluding hydrogens is 204 g/mol. The topological polar surface area (TPSA) is 49.4 Å². The van der Waals surface area contributed by atoms with Crippen molar-refractivity contribution in [2.75, 3.05) is 0 Å². The second kappa shape index (κ2) is 3.47. The number of carbonyl (C=O) groups excluding carboxylic acids is 2. The Labute approximate surface area is 95.4 Å². The third-order valence-electron chi connectivity index (χ3n) is 4.37. The lowest BCUT2D eigenvalue weighted by Crippen LogP contribution is -2.62. The maximum absolute atomic E-state index is 12.1. The fourth-order valence-electron chi connectivity index (χ4n) is 3.61. The molecule has 0 bridgehead atoms. The summed E-state index contributed by atoms with van der Waals surface area (Å²) in [6.07, 6.45) is 5.62. The number of nitrogens with zero attached hydrogens (tertiary/aromatic N) is 1. The number of piperazine rings is 1. The summed E-state index contributed by atoms with van der Waals surface area (Å²) in [6.45, 7) is 1.78. The molecule has 2 heterocycles. The molecule has 0 radical (unpaired) electrons. The maximum Gasteiger partial charge on any atom is 0.245 e. The van der Waals surface area contributed by atoms with Gasteiger partial charge in [-0.05, 0) is 32.1 Å². The average molecular weight is 222 g/mol. The van der Waals surface area contributed by atoms with E-state index in [4.69, 9.17) is 0 Å². The lowest BCUT2D eigenvalue weighted by molar-refractivity contribution is -0.148. The third-order valence-corrected chi connectivity index (χ3v) is 4.37. The van der Waals surface area contributed by atoms with E-state index in [0.717, 1.165) is 12.8 Å². The van der Waals surface area contributed by atoms with Crippen LogP contribution in [0.4, 0.5) is 0 Å². The van der Waals surface area contributed by atoms with Gasteiger partial charge < -0.3 is 10.2 Å². The fourth-order valence-corrected chi connectivity index (χ4v) is 3.61. The standard InChI is InChI=1S/C12H18N2O2/c1-7-12(16)14-9-5-3-2-4-8(9)6-10(14)11(15)13-7/h7-10H,2-6H2,1H3,(H,13,15)/t7-,8-,9-,10-/m0/s1. The van der Waals surface area contributed by atoms with Crippen molar-refractivity contribution >= 4 is 11.8 Å². The van der Waals surface area contributed by atoms with Gasteiger partial charge in [-0.1, -0.05) is 12.8 Å². The molecule has 88 valence electrons. The van der Waals surface area contributed by atoms with Crippen LogP contribution >= 0.6 is 0 Å². The number of nitrogens with one attached hydrogen (secondary N) is 1. The van der Waals surface area contributed by atoms with E-state index in [-0.39, 0.29) is 23.9 Å². The molecule has 3 aliphatic rings. The van der Waals surface area contributed by atoms with E-state index in [1.54, 1.807) is 6.92 Å². The number of hydrogen-bond acceptors (Lipinski definition) is 2. The number of hydrogen-bond donors (Lipinski definition) is 1. The molecule has 2 aliphatic heterocycles. The summed E-state index contributed by atoms with van der Waals surface area (Å²) < 4.78 is 0. The third kappa shape index (κ3) is 1.28. The van der Waals surface area contributed by atoms with Crippen molar-refractivity contribution in [3.8, 4) is 0 Å². The van der Waals surface area contributed by atoms with Gasteiger partial charge in [-0.2, -0.15) is 0 Å². The Balaban J connectivity index is 1.91. The van der Waals surface area contributed by atoms with Crippen LogP contribution in [0.2, 0.25) is 0 Å². The molecule has 0 unspecified atom stereocenters. The molecule has 0 aromatic heterocycles. The van der Waals surface area contributed by atoms with Crippen LogP contribution in [0.5, 0.6) is 0 Å². The Morgan fingerprint density at radius 2 is 2.00 bits per heavy atom. The smallest absolute Gasteiger partial charge is 0.245 e. The summed E-state index contributed by atoms with van der Waals surface area (Å²) in [5.41, 5.74) is 0. The van der Waals surface area contributed by atoms with Crippen molar-refractivity contribution in [2.24, 2.45) is 5.92 Å². The van der Waals surface area contributed by atoms with Crippen LogP contribution in [-0.4, -0.2) is 34.8 Å². The van der Waals surface area contributed by atoms with E-state index < -0.39 is 0 Å². The van der Waals surface area contributed by atoms with Crippen LogP contribution in [-0.2, 0) is 9.59 Å². The Kier molecular flexibility index (Phi) is 2.19. The Morgan fingerprint density at radius 1 is 1.25 bits per heavy atom. The van der Waals surface area contributed by atoms with E-state index in [1.807, 2.05) is 4.90 Å². The Morgan fingerprint density at radius 3 is 2.81 bits per heavy atom. The zero-order valence-electron chi connectivity index (χ0n) is 9.61. The van der Waals surface area contributed by atoms with Gasteiger partial charge in [-0.15, -0.1) is 0 Å². The zero-order valence-corrected chi connectivity index (χ0v) is 9.61. The lowest BCUT2D eigenvalue weighted by Gasteiger charge is -2.38. The van der Waals surface area contributed by atoms with Crippen molar-refractivity contribution in [3.63, 3.8) is 0 Å². The first-order chi connectivity index (χ1) is 7.68. The van der Waals surface area contributed by atoms with Crippen LogP contribution in [0.1, 0.15) is 39.0 Å². The zero-order chi connectivity index (χ0) is 11.3. The number of amides is 2. The fraction of sp³-hybridized carbons (Fsp3) is 0.833. The number of rotatable bonds is 0. The first kappa shape index (κ1) is 10.1. The summed E-state index contributed by atoms with van der Waals surface area (Å²) in [6, 6.07) is -0.152. The van der Waals surface area contributed by atoms with Gasteiger partial charge in [0.1, 0.15) is 12.1 Å². The van der Waals surface area contributed by atoms with Gasteiger partial charge in [0.25, 0.3) is 0 Å². The highest BCUT2D eigenvalue weighted by molar-refractivity contribution is 5.97. The minimum Gasteiger partial charge on any atom is -0.343 e. The quantitative estimate of drug-likeness (QED) is 0.654. The van der Waals surface area contributed by atoms with Gasteiger partial charge in [-0.25, -0.2) is 0 Å². The molecule has 2 amide bonds. The molecule has 4 atom stereocenters. The summed E-state index contributed by atoms with van der Waals surface area (Å²) in [5.74, 6) is 0.749. The van der Waals surface area contributed by atoms with Crippen LogP contribution in [0, 0.1) is 5.92 Å². The van der Waals surface area contributed by atoms with Gasteiger partial charge >= 0.3 is 0 Å². The van der Waals surface area contributed by atoms with Crippen LogP contribution in [0.25, 0.3) is 0 Å². The highest BCUT2D eigenvalue weighted by Crippen LogP contribution is 2.41. The first-order valence-corrected chi connectivity index (χ1v) is 6.31. The molecule has 16 heavy (non-hydrogen) atoms. The summed E-state index contributed by atoms with van der Waals surface area (Å²) in [4.78, 5) is 25.9. The molecule has 0 spiro atoms. The highest BCUT2D eigenvalue weighted by atomic mass is 16.2. The van der Waals surface area contributed by atoms with E-state index in [2.05, 4.69) is 5.32 Å². The molecule has 3 fully saturated rings. The van der Waals surface area contributed by atoms with E-state index in [1.165, 1.54) is 19.3 Å². The van der Waals surface area contributed by atoms with Crippen LogP contribution in [0.3, 0.4) is 0 Å². The summed E-state index contributed by atoms with van der Waals surface area (Å²) in [7, 11) is 0. The van der Waals surface area contributed by atoms with Crippen molar-refractivity contribution in [3.05, 3.63) is 0 Å². The molecule has 2 saturated heterocycles. The molecule has 0 aromatic carbocycles. The van der Waals surface area contributed by atoms with Crippen molar-refractivity contribution < 1.29 is 9.59 Å². The molecular formula is C12H18N2O2. The van der Waals surface area contributed by atoms with Crippen LogP contribution in [0.15, 0.2) is 0 Å². The molecule has 1 saturated carbocycles. The summed E-state index contributed by atoms with van der Waals surface area (Å²) in [5, 5.41) is 2.78. The van der Waals surface area contributed by atoms with E-state index >= 15 is 0 Å². The Hall–Kier alpha value is -1.06. The van der Waals surface area contributed by atoms with E-state index in [0.29, 0.717) is 12.0 Å². The molecule has 1 aliphatic carbocycles. The van der Waals surface area contributed by atoms with Crippen LogP contribution < -0.4 is 5.32 Å². The van der Waals surface area contributed by atoms with Gasteiger partial charge in [-0.3, -0.25) is 9.59 Å². The molecule has 1 N–H and O–H groups in total. The van der Waals surface area contributed by atoms with E-state index in [9.17, 15) is 9.59 Å². The number of fused-ring (bicyclic) bond motifs is 3. The highest BCUT2D eigenvalue weighted by Gasteiger charge is 2.50. The second-order valence-corrected chi connectivity index (χ2v) is 5.34. The minimum absolute atomic E-state index is 0.0569. The van der Waals surface area contributed by atoms with Gasteiger partial charge in [0, 0.05) is 6.04 Å². The monoisotopic (exact) mass is 222 g/mol. The molecule has 0 aromatic rings. The molecule has 3 rings (SSSR count). The molecule has 4 nitrogen and oxygen atoms in total.